The SMILES string of the molecule is Cc1nc2c(c(N[C@H](C)c3cc(N)cc(C(F)(F)F)c3)n1)C=C(C1=CCCCC1)C(=O)C2. The highest BCUT2D eigenvalue weighted by atomic mass is 19.4. The summed E-state index contributed by atoms with van der Waals surface area (Å²) in [5.41, 5.74) is 8.45. The number of nitrogens with zero attached hydrogens (tertiary/aromatic N) is 2. The van der Waals surface area contributed by atoms with Crippen molar-refractivity contribution in [2.75, 3.05) is 11.1 Å². The lowest BCUT2D eigenvalue weighted by Gasteiger charge is -2.24. The van der Waals surface area contributed by atoms with Gasteiger partial charge in [0.15, 0.2) is 5.78 Å². The molecule has 0 radical (unpaired) electrons. The first-order valence-corrected chi connectivity index (χ1v) is 10.7. The fourth-order valence-electron chi connectivity index (χ4n) is 4.24. The number of aromatic nitrogens is 2. The number of hydrogen-bond acceptors (Lipinski definition) is 5. The predicted molar refractivity (Wildman–Crippen MR) is 118 cm³/mol. The molecule has 1 atom stereocenters. The fraction of sp³-hybridized carbons (Fsp3) is 0.375. The molecule has 0 amide bonds. The molecule has 2 aliphatic carbocycles. The first-order valence-electron chi connectivity index (χ1n) is 10.7. The van der Waals surface area contributed by atoms with Gasteiger partial charge in [0, 0.05) is 16.8 Å². The Kier molecular flexibility index (Phi) is 5.79. The quantitative estimate of drug-likeness (QED) is 0.605. The molecule has 0 saturated carbocycles. The Morgan fingerprint density at radius 2 is 1.94 bits per heavy atom. The van der Waals surface area contributed by atoms with Crippen LogP contribution >= 0.6 is 0 Å². The third-order valence-electron chi connectivity index (χ3n) is 5.85. The second-order valence-electron chi connectivity index (χ2n) is 8.37. The van der Waals surface area contributed by atoms with E-state index in [-0.39, 0.29) is 17.9 Å². The minimum Gasteiger partial charge on any atom is -0.399 e. The van der Waals surface area contributed by atoms with Crippen LogP contribution in [-0.2, 0) is 17.4 Å². The van der Waals surface area contributed by atoms with Gasteiger partial charge in [0.25, 0.3) is 0 Å². The molecular formula is C24H25F3N4O. The number of Topliss-reactive ketones (excluding diaryl/α,β-unsaturated/α-hetero) is 1. The van der Waals surface area contributed by atoms with Crippen molar-refractivity contribution in [3.63, 3.8) is 0 Å². The Balaban J connectivity index is 1.71. The van der Waals surface area contributed by atoms with Gasteiger partial charge in [-0.05, 0) is 74.9 Å². The van der Waals surface area contributed by atoms with Gasteiger partial charge in [-0.2, -0.15) is 13.2 Å². The zero-order valence-corrected chi connectivity index (χ0v) is 18.0. The van der Waals surface area contributed by atoms with Crippen LogP contribution in [0.1, 0.15) is 66.9 Å². The average Bonchev–Trinajstić information content (AvgIpc) is 2.72. The molecule has 0 fully saturated rings. The number of hydrogen-bond donors (Lipinski definition) is 2. The molecule has 2 aliphatic rings. The van der Waals surface area contributed by atoms with Gasteiger partial charge in [0.2, 0.25) is 0 Å². The van der Waals surface area contributed by atoms with Crippen molar-refractivity contribution >= 4 is 23.4 Å². The summed E-state index contributed by atoms with van der Waals surface area (Å²) in [7, 11) is 0. The van der Waals surface area contributed by atoms with E-state index < -0.39 is 17.8 Å². The second-order valence-corrected chi connectivity index (χ2v) is 8.37. The van der Waals surface area contributed by atoms with E-state index >= 15 is 0 Å². The van der Waals surface area contributed by atoms with Gasteiger partial charge in [-0.3, -0.25) is 4.79 Å². The van der Waals surface area contributed by atoms with E-state index in [1.54, 1.807) is 13.8 Å². The van der Waals surface area contributed by atoms with Crippen LogP contribution in [0.2, 0.25) is 0 Å². The summed E-state index contributed by atoms with van der Waals surface area (Å²) in [5, 5.41) is 3.22. The third kappa shape index (κ3) is 4.54. The number of nitrogen functional groups attached to an aromatic ring is 1. The molecular weight excluding hydrogens is 417 g/mol. The molecule has 32 heavy (non-hydrogen) atoms. The standard InChI is InChI=1S/C24H25F3N4O/c1-13(16-8-17(24(25,26)27)10-18(28)9-16)29-23-20-11-19(15-6-4-3-5-7-15)22(32)12-21(20)30-14(2)31-23/h6,8-11,13H,3-5,7,12,28H2,1-2H3,(H,29,30,31)/t13-/m1/s1. The lowest BCUT2D eigenvalue weighted by Crippen LogP contribution is -2.20. The molecule has 0 aliphatic heterocycles. The number of rotatable bonds is 4. The van der Waals surface area contributed by atoms with Gasteiger partial charge in [-0.25, -0.2) is 9.97 Å². The van der Waals surface area contributed by atoms with E-state index in [4.69, 9.17) is 5.73 Å². The Hall–Kier alpha value is -3.16. The molecule has 168 valence electrons. The van der Waals surface area contributed by atoms with Crippen LogP contribution < -0.4 is 11.1 Å². The zero-order valence-electron chi connectivity index (χ0n) is 18.0. The van der Waals surface area contributed by atoms with Crippen LogP contribution in [0.4, 0.5) is 24.7 Å². The van der Waals surface area contributed by atoms with E-state index in [1.165, 1.54) is 6.07 Å². The molecule has 1 aromatic heterocycles. The van der Waals surface area contributed by atoms with Crippen LogP contribution in [-0.4, -0.2) is 15.8 Å². The number of carbonyl (C=O) groups excluding carboxylic acids is 1. The average molecular weight is 442 g/mol. The summed E-state index contributed by atoms with van der Waals surface area (Å²) < 4.78 is 39.7. The van der Waals surface area contributed by atoms with E-state index in [0.29, 0.717) is 34.0 Å². The highest BCUT2D eigenvalue weighted by molar-refractivity contribution is 6.07. The van der Waals surface area contributed by atoms with Gasteiger partial charge >= 0.3 is 6.18 Å². The molecule has 0 bridgehead atoms. The summed E-state index contributed by atoms with van der Waals surface area (Å²) in [6.07, 6.45) is 3.63. The van der Waals surface area contributed by atoms with Crippen LogP contribution in [0.25, 0.3) is 6.08 Å². The first kappa shape index (κ1) is 22.0. The number of allylic oxidation sites excluding steroid dienone is 3. The first-order chi connectivity index (χ1) is 15.1. The number of ketones is 1. The Labute approximate surface area is 184 Å². The minimum atomic E-state index is -4.49. The van der Waals surface area contributed by atoms with Crippen molar-refractivity contribution in [2.45, 2.75) is 58.2 Å². The second kappa shape index (κ2) is 8.41. The van der Waals surface area contributed by atoms with Crippen molar-refractivity contribution in [3.8, 4) is 0 Å². The van der Waals surface area contributed by atoms with Crippen molar-refractivity contribution in [2.24, 2.45) is 0 Å². The highest BCUT2D eigenvalue weighted by Crippen LogP contribution is 2.36. The molecule has 1 heterocycles. The van der Waals surface area contributed by atoms with Crippen molar-refractivity contribution in [1.82, 2.24) is 9.97 Å². The molecule has 8 heteroatoms. The minimum absolute atomic E-state index is 0.0356. The number of alkyl halides is 3. The van der Waals surface area contributed by atoms with E-state index in [1.807, 2.05) is 6.08 Å². The van der Waals surface area contributed by atoms with Gasteiger partial charge in [0.05, 0.1) is 23.7 Å². The molecule has 0 spiro atoms. The van der Waals surface area contributed by atoms with E-state index in [9.17, 15) is 18.0 Å². The summed E-state index contributed by atoms with van der Waals surface area (Å²) in [6.45, 7) is 3.48. The molecule has 3 N–H and O–H groups in total. The topological polar surface area (TPSA) is 80.9 Å². The maximum absolute atomic E-state index is 13.2. The van der Waals surface area contributed by atoms with Gasteiger partial charge in [-0.1, -0.05) is 6.08 Å². The van der Waals surface area contributed by atoms with Gasteiger partial charge in [0.1, 0.15) is 11.6 Å². The maximum Gasteiger partial charge on any atom is 0.416 e. The van der Waals surface area contributed by atoms with Crippen molar-refractivity contribution < 1.29 is 18.0 Å². The maximum atomic E-state index is 13.2. The Morgan fingerprint density at radius 3 is 2.62 bits per heavy atom. The van der Waals surface area contributed by atoms with Crippen molar-refractivity contribution in [1.29, 1.82) is 0 Å². The van der Waals surface area contributed by atoms with E-state index in [2.05, 4.69) is 21.4 Å². The number of benzene rings is 1. The third-order valence-corrected chi connectivity index (χ3v) is 5.85. The summed E-state index contributed by atoms with van der Waals surface area (Å²) in [5.74, 6) is 1.02. The number of anilines is 2. The summed E-state index contributed by atoms with van der Waals surface area (Å²) >= 11 is 0. The lowest BCUT2D eigenvalue weighted by molar-refractivity contribution is -0.137. The van der Waals surface area contributed by atoms with Crippen LogP contribution in [0.15, 0.2) is 35.4 Å². The van der Waals surface area contributed by atoms with Crippen LogP contribution in [0.5, 0.6) is 0 Å². The predicted octanol–water partition coefficient (Wildman–Crippen LogP) is 5.57. The van der Waals surface area contributed by atoms with Crippen molar-refractivity contribution in [3.05, 3.63) is 63.6 Å². The number of fused-ring (bicyclic) bond motifs is 1. The smallest absolute Gasteiger partial charge is 0.399 e. The normalized spacial score (nSPS) is 17.3. The molecule has 1 aromatic carbocycles. The molecule has 4 rings (SSSR count). The highest BCUT2D eigenvalue weighted by Gasteiger charge is 2.32. The number of carbonyl (C=O) groups is 1. The monoisotopic (exact) mass is 442 g/mol. The molecule has 5 nitrogen and oxygen atoms in total. The van der Waals surface area contributed by atoms with Gasteiger partial charge < -0.3 is 11.1 Å². The lowest BCUT2D eigenvalue weighted by atomic mass is 9.85. The number of nitrogens with two attached hydrogens (primary N) is 1. The largest absolute Gasteiger partial charge is 0.416 e. The Morgan fingerprint density at radius 1 is 1.16 bits per heavy atom. The number of nitrogens with one attached hydrogen (secondary N) is 1. The molecule has 0 saturated heterocycles. The van der Waals surface area contributed by atoms with Crippen LogP contribution in [0.3, 0.4) is 0 Å². The number of aryl methyl sites for hydroxylation is 1. The van der Waals surface area contributed by atoms with Gasteiger partial charge in [-0.15, -0.1) is 0 Å². The molecule has 2 aromatic rings. The Bertz CT molecular complexity index is 1130. The summed E-state index contributed by atoms with van der Waals surface area (Å²) in [6, 6.07) is 3.03. The summed E-state index contributed by atoms with van der Waals surface area (Å²) in [4.78, 5) is 21.7. The molecule has 0 unspecified atom stereocenters. The van der Waals surface area contributed by atoms with Crippen LogP contribution in [0, 0.1) is 6.92 Å². The number of halogens is 3. The fourth-order valence-corrected chi connectivity index (χ4v) is 4.24. The zero-order chi connectivity index (χ0) is 23.0. The van der Waals surface area contributed by atoms with E-state index in [0.717, 1.165) is 43.4 Å².